The number of alkyl halides is 2. The highest BCUT2D eigenvalue weighted by molar-refractivity contribution is 7.92. The van der Waals surface area contributed by atoms with Gasteiger partial charge in [-0.25, -0.2) is 30.4 Å². The van der Waals surface area contributed by atoms with Crippen molar-refractivity contribution in [3.05, 3.63) is 89.3 Å². The maximum atomic E-state index is 15.5. The molecule has 1 aliphatic rings. The van der Waals surface area contributed by atoms with Crippen molar-refractivity contribution in [2.24, 2.45) is 0 Å². The smallest absolute Gasteiger partial charge is 0.226 e. The Kier molecular flexibility index (Phi) is 4.50. The molecular weight excluding hydrogens is 387 g/mol. The standard InChI is InChI=1S/C19H13F5O2S/c1-27(25,26)19(24)15(12-7-9-14(20)10-8-12)11-18(23,16(21)17(19)22)13-5-3-2-4-6-13/h2-11H,1H3. The van der Waals surface area contributed by atoms with Crippen LogP contribution in [0.5, 0.6) is 0 Å². The number of hydrogen-bond acceptors (Lipinski definition) is 2. The normalized spacial score (nSPS) is 26.1. The fourth-order valence-corrected chi connectivity index (χ4v) is 3.92. The predicted molar refractivity (Wildman–Crippen MR) is 91.5 cm³/mol. The Morgan fingerprint density at radius 1 is 0.815 bits per heavy atom. The first-order valence-electron chi connectivity index (χ1n) is 7.70. The van der Waals surface area contributed by atoms with Gasteiger partial charge in [0.2, 0.25) is 5.67 Å². The highest BCUT2D eigenvalue weighted by Gasteiger charge is 2.59. The molecule has 0 aliphatic heterocycles. The SMILES string of the molecule is CS(=O)(=O)C1(F)C(c2ccc(F)cc2)=CC(F)(c2ccccc2)C(F)=C1F. The van der Waals surface area contributed by atoms with Crippen LogP contribution in [0, 0.1) is 5.82 Å². The maximum Gasteiger partial charge on any atom is 0.289 e. The molecule has 3 rings (SSSR count). The molecule has 8 heteroatoms. The molecule has 0 saturated carbocycles. The summed E-state index contributed by atoms with van der Waals surface area (Å²) in [5, 5.41) is -3.95. The van der Waals surface area contributed by atoms with Gasteiger partial charge in [0.25, 0.3) is 5.00 Å². The van der Waals surface area contributed by atoms with Crippen LogP contribution in [0.4, 0.5) is 22.0 Å². The molecule has 0 bridgehead atoms. The van der Waals surface area contributed by atoms with Crippen molar-refractivity contribution in [3.63, 3.8) is 0 Å². The molecule has 0 N–H and O–H groups in total. The number of hydrogen-bond donors (Lipinski definition) is 0. The Morgan fingerprint density at radius 3 is 1.89 bits per heavy atom. The first-order chi connectivity index (χ1) is 12.5. The average molecular weight is 400 g/mol. The van der Waals surface area contributed by atoms with Crippen LogP contribution >= 0.6 is 0 Å². The Bertz CT molecular complexity index is 1050. The zero-order chi connectivity index (χ0) is 20.0. The minimum absolute atomic E-state index is 0.301. The molecule has 0 saturated heterocycles. The van der Waals surface area contributed by atoms with Crippen LogP contribution in [-0.4, -0.2) is 19.7 Å². The van der Waals surface area contributed by atoms with Gasteiger partial charge >= 0.3 is 0 Å². The highest BCUT2D eigenvalue weighted by atomic mass is 32.2. The van der Waals surface area contributed by atoms with Gasteiger partial charge in [-0.1, -0.05) is 42.5 Å². The summed E-state index contributed by atoms with van der Waals surface area (Å²) in [6, 6.07) is 10.2. The van der Waals surface area contributed by atoms with Crippen LogP contribution in [-0.2, 0) is 15.5 Å². The summed E-state index contributed by atoms with van der Waals surface area (Å²) in [7, 11) is -4.92. The molecule has 0 fully saturated rings. The molecule has 0 amide bonds. The average Bonchev–Trinajstić information content (AvgIpc) is 2.64. The maximum absolute atomic E-state index is 15.5. The third-order valence-electron chi connectivity index (χ3n) is 4.34. The molecule has 1 aliphatic carbocycles. The fourth-order valence-electron chi connectivity index (χ4n) is 2.93. The lowest BCUT2D eigenvalue weighted by Crippen LogP contribution is -2.41. The topological polar surface area (TPSA) is 34.1 Å². The van der Waals surface area contributed by atoms with Crippen molar-refractivity contribution < 1.29 is 30.4 Å². The van der Waals surface area contributed by atoms with Crippen molar-refractivity contribution in [1.29, 1.82) is 0 Å². The molecular formula is C19H13F5O2S. The van der Waals surface area contributed by atoms with Crippen molar-refractivity contribution in [2.75, 3.05) is 6.26 Å². The molecule has 2 atom stereocenters. The summed E-state index contributed by atoms with van der Waals surface area (Å²) in [4.78, 5) is 0. The highest BCUT2D eigenvalue weighted by Crippen LogP contribution is 2.54. The summed E-state index contributed by atoms with van der Waals surface area (Å²) in [5.74, 6) is -5.30. The zero-order valence-electron chi connectivity index (χ0n) is 13.9. The Hall–Kier alpha value is -2.48. The number of allylic oxidation sites excluding steroid dienone is 2. The van der Waals surface area contributed by atoms with E-state index in [-0.39, 0.29) is 11.1 Å². The molecule has 2 aromatic rings. The molecule has 2 aromatic carbocycles. The quantitative estimate of drug-likeness (QED) is 0.684. The molecule has 0 radical (unpaired) electrons. The van der Waals surface area contributed by atoms with Crippen molar-refractivity contribution in [2.45, 2.75) is 10.7 Å². The molecule has 2 nitrogen and oxygen atoms in total. The van der Waals surface area contributed by atoms with E-state index in [1.165, 1.54) is 18.2 Å². The third kappa shape index (κ3) is 2.88. The van der Waals surface area contributed by atoms with Gasteiger partial charge in [-0.05, 0) is 29.3 Å². The largest absolute Gasteiger partial charge is 0.289 e. The second-order valence-electron chi connectivity index (χ2n) is 6.14. The summed E-state index contributed by atoms with van der Waals surface area (Å²) < 4.78 is 97.5. The first kappa shape index (κ1) is 19.3. The van der Waals surface area contributed by atoms with E-state index in [4.69, 9.17) is 0 Å². The molecule has 0 heterocycles. The number of sulfone groups is 1. The second kappa shape index (κ2) is 6.30. The van der Waals surface area contributed by atoms with Gasteiger partial charge in [-0.3, -0.25) is 0 Å². The van der Waals surface area contributed by atoms with Crippen LogP contribution in [0.15, 0.2) is 72.3 Å². The first-order valence-corrected chi connectivity index (χ1v) is 9.59. The van der Waals surface area contributed by atoms with Gasteiger partial charge in [-0.15, -0.1) is 0 Å². The van der Waals surface area contributed by atoms with E-state index in [0.29, 0.717) is 12.3 Å². The lowest BCUT2D eigenvalue weighted by atomic mass is 9.83. The lowest BCUT2D eigenvalue weighted by molar-refractivity contribution is 0.200. The van der Waals surface area contributed by atoms with Gasteiger partial charge in [0.1, 0.15) is 5.82 Å². The Labute approximate surface area is 152 Å². The molecule has 27 heavy (non-hydrogen) atoms. The van der Waals surface area contributed by atoms with Crippen molar-refractivity contribution in [3.8, 4) is 0 Å². The number of benzene rings is 2. The van der Waals surface area contributed by atoms with Crippen LogP contribution < -0.4 is 0 Å². The van der Waals surface area contributed by atoms with E-state index in [1.807, 2.05) is 0 Å². The van der Waals surface area contributed by atoms with E-state index >= 15 is 8.78 Å². The second-order valence-corrected chi connectivity index (χ2v) is 8.24. The zero-order valence-corrected chi connectivity index (χ0v) is 14.7. The van der Waals surface area contributed by atoms with E-state index in [0.717, 1.165) is 36.4 Å². The van der Waals surface area contributed by atoms with Gasteiger partial charge in [0.15, 0.2) is 21.5 Å². The minimum atomic E-state index is -4.92. The molecule has 2 unspecified atom stereocenters. The van der Waals surface area contributed by atoms with Crippen LogP contribution in [0.1, 0.15) is 11.1 Å². The monoisotopic (exact) mass is 400 g/mol. The predicted octanol–water partition coefficient (Wildman–Crippen LogP) is 4.95. The van der Waals surface area contributed by atoms with E-state index in [9.17, 15) is 21.6 Å². The van der Waals surface area contributed by atoms with Gasteiger partial charge < -0.3 is 0 Å². The van der Waals surface area contributed by atoms with Gasteiger partial charge in [0.05, 0.1) is 0 Å². The van der Waals surface area contributed by atoms with Crippen LogP contribution in [0.2, 0.25) is 0 Å². The summed E-state index contributed by atoms with van der Waals surface area (Å²) in [5.41, 5.74) is -4.84. The third-order valence-corrected chi connectivity index (χ3v) is 5.77. The Balaban J connectivity index is 2.37. The lowest BCUT2D eigenvalue weighted by Gasteiger charge is -2.34. The van der Waals surface area contributed by atoms with Crippen molar-refractivity contribution >= 4 is 15.4 Å². The van der Waals surface area contributed by atoms with Crippen LogP contribution in [0.25, 0.3) is 5.57 Å². The Morgan fingerprint density at radius 2 is 1.37 bits per heavy atom. The summed E-state index contributed by atoms with van der Waals surface area (Å²) >= 11 is 0. The minimum Gasteiger partial charge on any atom is -0.226 e. The van der Waals surface area contributed by atoms with Crippen LogP contribution in [0.3, 0.4) is 0 Å². The van der Waals surface area contributed by atoms with E-state index in [1.54, 1.807) is 0 Å². The fraction of sp³-hybridized carbons (Fsp3) is 0.158. The van der Waals surface area contributed by atoms with Gasteiger partial charge in [0, 0.05) is 11.8 Å². The summed E-state index contributed by atoms with van der Waals surface area (Å²) in [6.45, 7) is 0. The number of halogens is 5. The molecule has 0 aromatic heterocycles. The van der Waals surface area contributed by atoms with Gasteiger partial charge in [-0.2, -0.15) is 0 Å². The number of rotatable bonds is 3. The molecule has 142 valence electrons. The van der Waals surface area contributed by atoms with E-state index in [2.05, 4.69) is 0 Å². The summed E-state index contributed by atoms with van der Waals surface area (Å²) in [6.07, 6.45) is 0.750. The molecule has 0 spiro atoms. The van der Waals surface area contributed by atoms with E-state index < -0.39 is 43.6 Å². The van der Waals surface area contributed by atoms with Crippen molar-refractivity contribution in [1.82, 2.24) is 0 Å².